The van der Waals surface area contributed by atoms with Crippen LogP contribution in [0.1, 0.15) is 38.8 Å². The van der Waals surface area contributed by atoms with E-state index in [2.05, 4.69) is 56.9 Å². The molecule has 3 nitrogen and oxygen atoms in total. The number of fused-ring (bicyclic) bond motifs is 1. The van der Waals surface area contributed by atoms with E-state index in [1.165, 1.54) is 0 Å². The lowest BCUT2D eigenvalue weighted by molar-refractivity contribution is 0.00578. The highest BCUT2D eigenvalue weighted by Gasteiger charge is 2.51. The maximum atomic E-state index is 14.2. The Bertz CT molecular complexity index is 803. The van der Waals surface area contributed by atoms with Gasteiger partial charge in [-0.1, -0.05) is 36.4 Å². The molecule has 26 heavy (non-hydrogen) atoms. The summed E-state index contributed by atoms with van der Waals surface area (Å²) in [7, 11) is -0.348. The number of halogens is 1. The fourth-order valence-electron chi connectivity index (χ4n) is 3.62. The zero-order valence-electron chi connectivity index (χ0n) is 15.9. The number of hydrogen-bond acceptors (Lipinski definition) is 3. The van der Waals surface area contributed by atoms with E-state index >= 15 is 0 Å². The summed E-state index contributed by atoms with van der Waals surface area (Å²) in [6.45, 7) is 9.79. The molecule has 2 heterocycles. The fourth-order valence-corrected chi connectivity index (χ4v) is 3.62. The summed E-state index contributed by atoms with van der Waals surface area (Å²) in [6.07, 6.45) is 0.902. The lowest BCUT2D eigenvalue weighted by atomic mass is 9.79. The van der Waals surface area contributed by atoms with Gasteiger partial charge >= 0.3 is 7.12 Å². The summed E-state index contributed by atoms with van der Waals surface area (Å²) < 4.78 is 26.4. The Balaban J connectivity index is 1.49. The molecule has 0 unspecified atom stereocenters. The predicted molar refractivity (Wildman–Crippen MR) is 103 cm³/mol. The van der Waals surface area contributed by atoms with Crippen LogP contribution in [0.3, 0.4) is 0 Å². The number of rotatable bonds is 3. The first-order valence-corrected chi connectivity index (χ1v) is 9.24. The van der Waals surface area contributed by atoms with Crippen LogP contribution in [-0.2, 0) is 22.3 Å². The highest BCUT2D eigenvalue weighted by molar-refractivity contribution is 6.62. The molecule has 1 saturated heterocycles. The molecule has 5 heteroatoms. The Morgan fingerprint density at radius 3 is 2.31 bits per heavy atom. The van der Waals surface area contributed by atoms with Crippen molar-refractivity contribution in [3.63, 3.8) is 0 Å². The molecular weight excluding hydrogens is 328 g/mol. The molecule has 0 aliphatic carbocycles. The normalized spacial score (nSPS) is 20.5. The maximum Gasteiger partial charge on any atom is 0.494 e. The number of hydrogen-bond donors (Lipinski definition) is 0. The number of nitrogens with zero attached hydrogens (tertiary/aromatic N) is 1. The van der Waals surface area contributed by atoms with Gasteiger partial charge in [-0.2, -0.15) is 0 Å². The Morgan fingerprint density at radius 2 is 1.65 bits per heavy atom. The van der Waals surface area contributed by atoms with Crippen LogP contribution in [0.4, 0.5) is 10.1 Å². The first-order chi connectivity index (χ1) is 12.3. The summed E-state index contributed by atoms with van der Waals surface area (Å²) in [5, 5.41) is 0. The Morgan fingerprint density at radius 1 is 1.00 bits per heavy atom. The number of para-hydroxylation sites is 1. The van der Waals surface area contributed by atoms with Crippen molar-refractivity contribution in [1.29, 1.82) is 0 Å². The van der Waals surface area contributed by atoms with E-state index in [4.69, 9.17) is 9.31 Å². The molecule has 136 valence electrons. The van der Waals surface area contributed by atoms with Gasteiger partial charge in [0.2, 0.25) is 0 Å². The zero-order chi connectivity index (χ0) is 18.5. The van der Waals surface area contributed by atoms with Gasteiger partial charge in [0.25, 0.3) is 0 Å². The minimum Gasteiger partial charge on any atom is -0.399 e. The average Bonchev–Trinajstić information content (AvgIpc) is 3.07. The number of anilines is 1. The largest absolute Gasteiger partial charge is 0.494 e. The third-order valence-electron chi connectivity index (χ3n) is 5.92. The summed E-state index contributed by atoms with van der Waals surface area (Å²) in [4.78, 5) is 2.12. The summed E-state index contributed by atoms with van der Waals surface area (Å²) in [5.74, 6) is -0.131. The first kappa shape index (κ1) is 17.6. The molecule has 0 spiro atoms. The van der Waals surface area contributed by atoms with Crippen LogP contribution in [0.25, 0.3) is 0 Å². The van der Waals surface area contributed by atoms with Crippen molar-refractivity contribution in [1.82, 2.24) is 0 Å². The van der Waals surface area contributed by atoms with Crippen molar-refractivity contribution in [3.05, 3.63) is 59.4 Å². The molecule has 0 N–H and O–H groups in total. The van der Waals surface area contributed by atoms with Gasteiger partial charge in [-0.25, -0.2) is 4.39 Å². The molecule has 2 aliphatic heterocycles. The molecule has 0 radical (unpaired) electrons. The second kappa shape index (κ2) is 6.10. The van der Waals surface area contributed by atoms with Crippen molar-refractivity contribution in [2.45, 2.75) is 51.9 Å². The summed E-state index contributed by atoms with van der Waals surface area (Å²) in [5.41, 5.74) is 3.34. The zero-order valence-corrected chi connectivity index (χ0v) is 15.9. The van der Waals surface area contributed by atoms with Gasteiger partial charge < -0.3 is 14.2 Å². The van der Waals surface area contributed by atoms with E-state index in [1.54, 1.807) is 12.1 Å². The topological polar surface area (TPSA) is 21.7 Å². The Kier molecular flexibility index (Phi) is 4.12. The third kappa shape index (κ3) is 2.93. The monoisotopic (exact) mass is 353 g/mol. The van der Waals surface area contributed by atoms with Crippen LogP contribution in [0, 0.1) is 5.82 Å². The lowest BCUT2D eigenvalue weighted by Gasteiger charge is -2.32. The van der Waals surface area contributed by atoms with Crippen molar-refractivity contribution < 1.29 is 13.7 Å². The summed E-state index contributed by atoms with van der Waals surface area (Å²) in [6, 6.07) is 13.6. The molecule has 0 bridgehead atoms. The van der Waals surface area contributed by atoms with E-state index in [1.807, 2.05) is 6.07 Å². The highest BCUT2D eigenvalue weighted by atomic mass is 19.1. The van der Waals surface area contributed by atoms with Gasteiger partial charge in [0.15, 0.2) is 0 Å². The maximum absolute atomic E-state index is 14.2. The lowest BCUT2D eigenvalue weighted by Crippen LogP contribution is -2.41. The SMILES string of the molecule is CC1(C)OB(c2ccc(CN3CCc4cccc(F)c43)cc2)OC1(C)C. The average molecular weight is 353 g/mol. The van der Waals surface area contributed by atoms with Crippen LogP contribution < -0.4 is 10.4 Å². The van der Waals surface area contributed by atoms with Crippen molar-refractivity contribution in [2.24, 2.45) is 0 Å². The van der Waals surface area contributed by atoms with E-state index in [9.17, 15) is 4.39 Å². The van der Waals surface area contributed by atoms with Crippen LogP contribution >= 0.6 is 0 Å². The van der Waals surface area contributed by atoms with E-state index in [0.717, 1.165) is 35.2 Å². The van der Waals surface area contributed by atoms with Crippen molar-refractivity contribution >= 4 is 18.3 Å². The number of benzene rings is 2. The molecule has 0 atom stereocenters. The predicted octanol–water partition coefficient (Wildman–Crippen LogP) is 3.69. The van der Waals surface area contributed by atoms with Crippen LogP contribution in [0.2, 0.25) is 0 Å². The van der Waals surface area contributed by atoms with Crippen molar-refractivity contribution in [2.75, 3.05) is 11.4 Å². The molecule has 2 aromatic carbocycles. The molecule has 2 aromatic rings. The third-order valence-corrected chi connectivity index (χ3v) is 5.92. The molecule has 4 rings (SSSR count). The molecule has 1 fully saturated rings. The molecule has 0 amide bonds. The smallest absolute Gasteiger partial charge is 0.399 e. The Hall–Kier alpha value is -1.85. The van der Waals surface area contributed by atoms with Crippen LogP contribution in [0.15, 0.2) is 42.5 Å². The van der Waals surface area contributed by atoms with Gasteiger partial charge in [-0.05, 0) is 56.8 Å². The van der Waals surface area contributed by atoms with Gasteiger partial charge in [-0.15, -0.1) is 0 Å². The molecule has 0 saturated carbocycles. The second-order valence-electron chi connectivity index (χ2n) is 8.25. The van der Waals surface area contributed by atoms with E-state index < -0.39 is 0 Å². The van der Waals surface area contributed by atoms with Gasteiger partial charge in [-0.3, -0.25) is 0 Å². The van der Waals surface area contributed by atoms with E-state index in [-0.39, 0.29) is 24.1 Å². The van der Waals surface area contributed by atoms with Gasteiger partial charge in [0.1, 0.15) is 5.82 Å². The first-order valence-electron chi connectivity index (χ1n) is 9.24. The second-order valence-corrected chi connectivity index (χ2v) is 8.25. The minimum atomic E-state index is -0.348. The van der Waals surface area contributed by atoms with Crippen LogP contribution in [-0.4, -0.2) is 24.9 Å². The molecular formula is C21H25BFNO2. The highest BCUT2D eigenvalue weighted by Crippen LogP contribution is 2.36. The van der Waals surface area contributed by atoms with Gasteiger partial charge in [0, 0.05) is 13.1 Å². The standard InChI is InChI=1S/C21H25BFNO2/c1-20(2)21(3,4)26-22(25-20)17-10-8-15(9-11-17)14-24-13-12-16-6-5-7-18(23)19(16)24/h5-11H,12-14H2,1-4H3. The minimum absolute atomic E-state index is 0.131. The van der Waals surface area contributed by atoms with Crippen molar-refractivity contribution in [3.8, 4) is 0 Å². The van der Waals surface area contributed by atoms with E-state index in [0.29, 0.717) is 6.54 Å². The Labute approximate surface area is 155 Å². The fraction of sp³-hybridized carbons (Fsp3) is 0.429. The summed E-state index contributed by atoms with van der Waals surface area (Å²) >= 11 is 0. The van der Waals surface area contributed by atoms with Crippen LogP contribution in [0.5, 0.6) is 0 Å². The quantitative estimate of drug-likeness (QED) is 0.786. The molecule has 2 aliphatic rings. The molecule has 0 aromatic heterocycles. The van der Waals surface area contributed by atoms with Gasteiger partial charge in [0.05, 0.1) is 16.9 Å².